The van der Waals surface area contributed by atoms with Gasteiger partial charge in [-0.15, -0.1) is 0 Å². The van der Waals surface area contributed by atoms with Crippen molar-refractivity contribution in [2.24, 2.45) is 0 Å². The smallest absolute Gasteiger partial charge is 0.262 e. The molecule has 0 saturated carbocycles. The lowest BCUT2D eigenvalue weighted by atomic mass is 10.2. The van der Waals surface area contributed by atoms with E-state index in [1.165, 1.54) is 30.3 Å². The molecule has 7 heteroatoms. The zero-order valence-corrected chi connectivity index (χ0v) is 13.1. The molecule has 108 valence electrons. The van der Waals surface area contributed by atoms with Gasteiger partial charge in [0.1, 0.15) is 5.82 Å². The van der Waals surface area contributed by atoms with Crippen molar-refractivity contribution >= 4 is 31.6 Å². The molecule has 0 bridgehead atoms. The van der Waals surface area contributed by atoms with Gasteiger partial charge >= 0.3 is 0 Å². The Bertz CT molecular complexity index is 778. The van der Waals surface area contributed by atoms with Gasteiger partial charge in [0.05, 0.1) is 23.1 Å². The van der Waals surface area contributed by atoms with Crippen LogP contribution in [0.4, 0.5) is 10.1 Å². The topological polar surface area (TPSA) is 70.0 Å². The van der Waals surface area contributed by atoms with E-state index in [0.717, 1.165) is 0 Å². The van der Waals surface area contributed by atoms with Gasteiger partial charge in [0, 0.05) is 4.47 Å². The minimum absolute atomic E-state index is 0.000608. The summed E-state index contributed by atoms with van der Waals surface area (Å²) in [5.41, 5.74) is 0.571. The van der Waals surface area contributed by atoms with Gasteiger partial charge in [-0.05, 0) is 45.8 Å². The molecule has 0 fully saturated rings. The summed E-state index contributed by atoms with van der Waals surface area (Å²) in [4.78, 5) is -0.000608. The summed E-state index contributed by atoms with van der Waals surface area (Å²) in [5.74, 6) is -0.672. The fraction of sp³-hybridized carbons (Fsp3) is 0.0714. The number of anilines is 1. The van der Waals surface area contributed by atoms with Crippen molar-refractivity contribution in [1.29, 1.82) is 5.26 Å². The minimum Gasteiger partial charge on any atom is -0.275 e. The van der Waals surface area contributed by atoms with Crippen LogP contribution in [0.1, 0.15) is 5.56 Å². The Labute approximate surface area is 130 Å². The summed E-state index contributed by atoms with van der Waals surface area (Å²) in [7, 11) is -3.89. The average Bonchev–Trinajstić information content (AvgIpc) is 2.44. The lowest BCUT2D eigenvalue weighted by molar-refractivity contribution is 0.598. The number of nitrogens with zero attached hydrogens (tertiary/aromatic N) is 1. The standard InChI is InChI=1S/C14H10BrFN2O2S/c15-12-2-1-3-13(16)14(12)18-21(19,20)11-6-4-10(5-7-11)8-9-17/h1-7,18H,8H2. The molecule has 0 amide bonds. The van der Waals surface area contributed by atoms with Crippen molar-refractivity contribution in [2.45, 2.75) is 11.3 Å². The number of rotatable bonds is 4. The molecule has 1 N–H and O–H groups in total. The van der Waals surface area contributed by atoms with Crippen molar-refractivity contribution in [3.63, 3.8) is 0 Å². The highest BCUT2D eigenvalue weighted by molar-refractivity contribution is 9.10. The van der Waals surface area contributed by atoms with E-state index in [-0.39, 0.29) is 17.0 Å². The summed E-state index contributed by atoms with van der Waals surface area (Å²) in [6.07, 6.45) is 0.201. The number of halogens is 2. The van der Waals surface area contributed by atoms with Crippen LogP contribution in [-0.2, 0) is 16.4 Å². The first-order chi connectivity index (χ1) is 9.94. The largest absolute Gasteiger partial charge is 0.275 e. The number of benzene rings is 2. The molecule has 4 nitrogen and oxygen atoms in total. The second kappa shape index (κ2) is 6.24. The Kier molecular flexibility index (Phi) is 4.60. The Morgan fingerprint density at radius 2 is 1.86 bits per heavy atom. The summed E-state index contributed by atoms with van der Waals surface area (Å²) in [5, 5.41) is 8.58. The van der Waals surface area contributed by atoms with Crippen LogP contribution < -0.4 is 4.72 Å². The van der Waals surface area contributed by atoms with Gasteiger partial charge in [-0.3, -0.25) is 4.72 Å². The molecule has 0 unspecified atom stereocenters. The number of sulfonamides is 1. The van der Waals surface area contributed by atoms with E-state index in [0.29, 0.717) is 10.0 Å². The van der Waals surface area contributed by atoms with E-state index in [1.54, 1.807) is 12.1 Å². The van der Waals surface area contributed by atoms with E-state index in [4.69, 9.17) is 5.26 Å². The molecule has 2 rings (SSSR count). The lowest BCUT2D eigenvalue weighted by Gasteiger charge is -2.10. The monoisotopic (exact) mass is 368 g/mol. The third-order valence-corrected chi connectivity index (χ3v) is 4.74. The number of hydrogen-bond acceptors (Lipinski definition) is 3. The van der Waals surface area contributed by atoms with Gasteiger partial charge in [-0.1, -0.05) is 18.2 Å². The van der Waals surface area contributed by atoms with Crippen molar-refractivity contribution < 1.29 is 12.8 Å². The van der Waals surface area contributed by atoms with Crippen molar-refractivity contribution in [3.05, 3.63) is 58.3 Å². The van der Waals surface area contributed by atoms with E-state index in [9.17, 15) is 12.8 Å². The molecule has 0 aliphatic rings. The van der Waals surface area contributed by atoms with Crippen molar-refractivity contribution in [1.82, 2.24) is 0 Å². The van der Waals surface area contributed by atoms with Crippen LogP contribution in [0.2, 0.25) is 0 Å². The van der Waals surface area contributed by atoms with Crippen LogP contribution in [0.3, 0.4) is 0 Å². The average molecular weight is 369 g/mol. The SMILES string of the molecule is N#CCc1ccc(S(=O)(=O)Nc2c(F)cccc2Br)cc1. The predicted octanol–water partition coefficient (Wildman–Crippen LogP) is 3.46. The maximum absolute atomic E-state index is 13.7. The van der Waals surface area contributed by atoms with Crippen LogP contribution in [-0.4, -0.2) is 8.42 Å². The van der Waals surface area contributed by atoms with Crippen molar-refractivity contribution in [2.75, 3.05) is 4.72 Å². The number of nitriles is 1. The third-order valence-electron chi connectivity index (χ3n) is 2.72. The first-order valence-corrected chi connectivity index (χ1v) is 8.14. The Morgan fingerprint density at radius 3 is 2.43 bits per heavy atom. The highest BCUT2D eigenvalue weighted by Crippen LogP contribution is 2.27. The van der Waals surface area contributed by atoms with Crippen LogP contribution in [0.15, 0.2) is 51.8 Å². The van der Waals surface area contributed by atoms with E-state index in [1.807, 2.05) is 6.07 Å². The second-order valence-corrected chi connectivity index (χ2v) is 6.72. The molecule has 21 heavy (non-hydrogen) atoms. The van der Waals surface area contributed by atoms with Crippen LogP contribution in [0.25, 0.3) is 0 Å². The molecule has 0 atom stereocenters. The third kappa shape index (κ3) is 3.60. The zero-order valence-electron chi connectivity index (χ0n) is 10.7. The second-order valence-electron chi connectivity index (χ2n) is 4.18. The lowest BCUT2D eigenvalue weighted by Crippen LogP contribution is -2.14. The molecule has 2 aromatic rings. The normalized spacial score (nSPS) is 10.9. The molecular weight excluding hydrogens is 359 g/mol. The number of para-hydroxylation sites is 1. The number of nitrogens with one attached hydrogen (secondary N) is 1. The fourth-order valence-electron chi connectivity index (χ4n) is 1.67. The van der Waals surface area contributed by atoms with E-state index >= 15 is 0 Å². The van der Waals surface area contributed by atoms with Gasteiger partial charge in [0.2, 0.25) is 0 Å². The van der Waals surface area contributed by atoms with Gasteiger partial charge in [-0.25, -0.2) is 12.8 Å². The van der Waals surface area contributed by atoms with Crippen molar-refractivity contribution in [3.8, 4) is 6.07 Å². The molecular formula is C14H10BrFN2O2S. The molecule has 0 radical (unpaired) electrons. The maximum Gasteiger partial charge on any atom is 0.262 e. The highest BCUT2D eigenvalue weighted by Gasteiger charge is 2.18. The van der Waals surface area contributed by atoms with E-state index in [2.05, 4.69) is 20.7 Å². The Hall–Kier alpha value is -1.91. The Morgan fingerprint density at radius 1 is 1.19 bits per heavy atom. The first kappa shape index (κ1) is 15.5. The maximum atomic E-state index is 13.7. The van der Waals surface area contributed by atoms with E-state index < -0.39 is 15.8 Å². The first-order valence-electron chi connectivity index (χ1n) is 5.87. The molecule has 0 aliphatic carbocycles. The molecule has 0 spiro atoms. The summed E-state index contributed by atoms with van der Waals surface area (Å²) in [6.45, 7) is 0. The van der Waals surface area contributed by atoms with Gasteiger partial charge < -0.3 is 0 Å². The van der Waals surface area contributed by atoms with Gasteiger partial charge in [-0.2, -0.15) is 5.26 Å². The van der Waals surface area contributed by atoms with Crippen LogP contribution in [0, 0.1) is 17.1 Å². The summed E-state index contributed by atoms with van der Waals surface area (Å²) in [6, 6.07) is 12.0. The molecule has 0 aromatic heterocycles. The molecule has 2 aromatic carbocycles. The Balaban J connectivity index is 2.32. The minimum atomic E-state index is -3.89. The quantitative estimate of drug-likeness (QED) is 0.898. The molecule has 0 aliphatic heterocycles. The van der Waals surface area contributed by atoms with Crippen LogP contribution >= 0.6 is 15.9 Å². The van der Waals surface area contributed by atoms with Gasteiger partial charge in [0.15, 0.2) is 0 Å². The number of hydrogen-bond donors (Lipinski definition) is 1. The molecule has 0 saturated heterocycles. The zero-order chi connectivity index (χ0) is 15.5. The molecule has 0 heterocycles. The van der Waals surface area contributed by atoms with Gasteiger partial charge in [0.25, 0.3) is 10.0 Å². The summed E-state index contributed by atoms with van der Waals surface area (Å²) < 4.78 is 40.6. The highest BCUT2D eigenvalue weighted by atomic mass is 79.9. The van der Waals surface area contributed by atoms with Crippen LogP contribution in [0.5, 0.6) is 0 Å². The fourth-order valence-corrected chi connectivity index (χ4v) is 3.33. The predicted molar refractivity (Wildman–Crippen MR) is 80.7 cm³/mol. The summed E-state index contributed by atoms with van der Waals surface area (Å²) >= 11 is 3.10.